The quantitative estimate of drug-likeness (QED) is 0.256. The Morgan fingerprint density at radius 3 is 2.67 bits per heavy atom. The van der Waals surface area contributed by atoms with Gasteiger partial charge in [0.25, 0.3) is 5.56 Å². The molecule has 1 aromatic carbocycles. The molecule has 12 heteroatoms. The summed E-state index contributed by atoms with van der Waals surface area (Å²) < 4.78 is 16.1. The highest BCUT2D eigenvalue weighted by atomic mass is 32.1. The summed E-state index contributed by atoms with van der Waals surface area (Å²) in [5.74, 6) is -1.14. The number of carbonyl (C=O) groups excluding carboxylic acids is 1. The lowest BCUT2D eigenvalue weighted by atomic mass is 10.0. The van der Waals surface area contributed by atoms with E-state index in [9.17, 15) is 23.9 Å². The van der Waals surface area contributed by atoms with Gasteiger partial charge in [0.15, 0.2) is 0 Å². The molecule has 0 atom stereocenters. The third kappa shape index (κ3) is 5.08. The van der Waals surface area contributed by atoms with Crippen LogP contribution < -0.4 is 22.0 Å². The van der Waals surface area contributed by atoms with Crippen molar-refractivity contribution in [1.29, 1.82) is 5.41 Å². The SMILES string of the molecule is Cc1c(N/N=C\C=N)sc2c1c(=O)n(C(C)(C)C(=O)NC(C)C)c(=O)n2CCc1cc(F)ccc1O. The van der Waals surface area contributed by atoms with Crippen molar-refractivity contribution >= 4 is 44.9 Å². The van der Waals surface area contributed by atoms with E-state index < -0.39 is 28.5 Å². The number of carbonyl (C=O) groups is 1. The predicted molar refractivity (Wildman–Crippen MR) is 140 cm³/mol. The van der Waals surface area contributed by atoms with Crippen LogP contribution in [0.4, 0.5) is 9.39 Å². The van der Waals surface area contributed by atoms with Crippen molar-refractivity contribution in [1.82, 2.24) is 14.5 Å². The van der Waals surface area contributed by atoms with E-state index in [2.05, 4.69) is 15.8 Å². The van der Waals surface area contributed by atoms with Crippen LogP contribution in [0.3, 0.4) is 0 Å². The second-order valence-corrected chi connectivity index (χ2v) is 10.1. The van der Waals surface area contributed by atoms with E-state index in [1.807, 2.05) is 0 Å². The highest BCUT2D eigenvalue weighted by molar-refractivity contribution is 7.22. The van der Waals surface area contributed by atoms with E-state index in [1.165, 1.54) is 36.8 Å². The molecule has 3 rings (SSSR count). The highest BCUT2D eigenvalue weighted by Crippen LogP contribution is 2.33. The number of hydrogen-bond donors (Lipinski definition) is 4. The molecule has 0 fully saturated rings. The molecule has 3 aromatic rings. The van der Waals surface area contributed by atoms with Gasteiger partial charge in [-0.25, -0.2) is 13.8 Å². The van der Waals surface area contributed by atoms with Crippen molar-refractivity contribution in [3.63, 3.8) is 0 Å². The second kappa shape index (κ2) is 10.4. The number of hydrogen-bond acceptors (Lipinski definition) is 8. The zero-order chi connectivity index (χ0) is 26.8. The van der Waals surface area contributed by atoms with Crippen LogP contribution in [0.1, 0.15) is 38.8 Å². The maximum absolute atomic E-state index is 13.8. The third-order valence-electron chi connectivity index (χ3n) is 5.71. The number of aromatic nitrogens is 2. The van der Waals surface area contributed by atoms with Gasteiger partial charge in [0, 0.05) is 24.4 Å². The van der Waals surface area contributed by atoms with Gasteiger partial charge in [0.1, 0.15) is 26.9 Å². The van der Waals surface area contributed by atoms with E-state index in [1.54, 1.807) is 20.8 Å². The van der Waals surface area contributed by atoms with Gasteiger partial charge in [-0.1, -0.05) is 11.3 Å². The summed E-state index contributed by atoms with van der Waals surface area (Å²) in [5, 5.41) is 24.6. The second-order valence-electron chi connectivity index (χ2n) is 9.08. The molecule has 0 aliphatic rings. The smallest absolute Gasteiger partial charge is 0.333 e. The Labute approximate surface area is 210 Å². The Morgan fingerprint density at radius 2 is 2.03 bits per heavy atom. The van der Waals surface area contributed by atoms with Crippen LogP contribution >= 0.6 is 11.3 Å². The zero-order valence-corrected chi connectivity index (χ0v) is 21.5. The molecular weight excluding hydrogens is 487 g/mol. The van der Waals surface area contributed by atoms with E-state index in [0.29, 0.717) is 21.0 Å². The Kier molecular flexibility index (Phi) is 7.77. The number of nitrogens with zero attached hydrogens (tertiary/aromatic N) is 3. The first-order chi connectivity index (χ1) is 16.9. The normalized spacial score (nSPS) is 12.0. The first-order valence-electron chi connectivity index (χ1n) is 11.3. The average molecular weight is 517 g/mol. The first-order valence-corrected chi connectivity index (χ1v) is 12.1. The van der Waals surface area contributed by atoms with Crippen LogP contribution in [-0.2, 0) is 23.3 Å². The number of rotatable bonds is 9. The minimum atomic E-state index is -1.52. The van der Waals surface area contributed by atoms with Gasteiger partial charge in [-0.15, -0.1) is 0 Å². The lowest BCUT2D eigenvalue weighted by Crippen LogP contribution is -2.56. The van der Waals surface area contributed by atoms with Crippen LogP contribution in [0.25, 0.3) is 10.2 Å². The molecule has 0 saturated carbocycles. The van der Waals surface area contributed by atoms with Crippen molar-refractivity contribution in [2.24, 2.45) is 5.10 Å². The largest absolute Gasteiger partial charge is 0.508 e. The summed E-state index contributed by atoms with van der Waals surface area (Å²) in [5.41, 5.74) is 0.756. The number of phenols is 1. The molecule has 0 aliphatic carbocycles. The van der Waals surface area contributed by atoms with E-state index >= 15 is 0 Å². The number of fused-ring (bicyclic) bond motifs is 1. The highest BCUT2D eigenvalue weighted by Gasteiger charge is 2.35. The van der Waals surface area contributed by atoms with Crippen LogP contribution in [0.15, 0.2) is 32.9 Å². The molecule has 0 spiro atoms. The summed E-state index contributed by atoms with van der Waals surface area (Å²) in [6.07, 6.45) is 2.31. The molecule has 0 unspecified atom stereocenters. The third-order valence-corrected chi connectivity index (χ3v) is 6.93. The molecule has 10 nitrogen and oxygen atoms in total. The molecule has 1 amide bonds. The van der Waals surface area contributed by atoms with Crippen LogP contribution in [0, 0.1) is 18.2 Å². The standard InChI is InChI=1S/C24H29FN6O4S/c1-13(2)28-22(34)24(4,5)31-20(33)18-14(3)19(29-27-10-9-26)36-21(18)30(23(31)35)11-8-15-12-16(25)6-7-17(15)32/h6-7,9-10,12-13,26,29,32H,8,11H2,1-5H3,(H,28,34)/b26-9?,27-10-. The van der Waals surface area contributed by atoms with Gasteiger partial charge in [-0.05, 0) is 64.8 Å². The molecule has 0 radical (unpaired) electrons. The van der Waals surface area contributed by atoms with Gasteiger partial charge >= 0.3 is 5.69 Å². The molecule has 0 saturated heterocycles. The van der Waals surface area contributed by atoms with Crippen molar-refractivity contribution in [2.45, 2.75) is 59.2 Å². The number of phenolic OH excluding ortho intramolecular Hbond substituents is 1. The molecule has 36 heavy (non-hydrogen) atoms. The summed E-state index contributed by atoms with van der Waals surface area (Å²) in [6, 6.07) is 3.35. The first kappa shape index (κ1) is 26.8. The fourth-order valence-electron chi connectivity index (χ4n) is 3.80. The van der Waals surface area contributed by atoms with Crippen LogP contribution in [-0.4, -0.2) is 38.6 Å². The monoisotopic (exact) mass is 516 g/mol. The minimum Gasteiger partial charge on any atom is -0.508 e. The summed E-state index contributed by atoms with van der Waals surface area (Å²) in [6.45, 7) is 8.26. The molecular formula is C24H29FN6O4S. The number of halogens is 1. The number of thiophene rings is 1. The van der Waals surface area contributed by atoms with Gasteiger partial charge < -0.3 is 15.8 Å². The van der Waals surface area contributed by atoms with Crippen molar-refractivity contribution in [3.8, 4) is 5.75 Å². The Balaban J connectivity index is 2.27. The van der Waals surface area contributed by atoms with E-state index in [-0.39, 0.29) is 30.1 Å². The number of anilines is 1. The van der Waals surface area contributed by atoms with Gasteiger partial charge in [0.2, 0.25) is 5.91 Å². The molecule has 2 aromatic heterocycles. The molecule has 0 bridgehead atoms. The number of hydrazone groups is 1. The maximum atomic E-state index is 13.8. The fraction of sp³-hybridized carbons (Fsp3) is 0.375. The molecule has 0 aliphatic heterocycles. The van der Waals surface area contributed by atoms with Crippen molar-refractivity contribution in [2.75, 3.05) is 5.43 Å². The van der Waals surface area contributed by atoms with Crippen molar-refractivity contribution in [3.05, 3.63) is 56.0 Å². The van der Waals surface area contributed by atoms with Gasteiger partial charge in [-0.2, -0.15) is 5.10 Å². The Bertz CT molecular complexity index is 1470. The lowest BCUT2D eigenvalue weighted by molar-refractivity contribution is -0.129. The Morgan fingerprint density at radius 1 is 1.33 bits per heavy atom. The van der Waals surface area contributed by atoms with E-state index in [0.717, 1.165) is 28.2 Å². The van der Waals surface area contributed by atoms with Gasteiger partial charge in [-0.3, -0.25) is 19.6 Å². The Hall–Kier alpha value is -3.80. The summed E-state index contributed by atoms with van der Waals surface area (Å²) in [7, 11) is 0. The number of aromatic hydroxyl groups is 1. The number of nitrogens with one attached hydrogen (secondary N) is 3. The zero-order valence-electron chi connectivity index (χ0n) is 20.7. The summed E-state index contributed by atoms with van der Waals surface area (Å²) in [4.78, 5) is 40.7. The lowest BCUT2D eigenvalue weighted by Gasteiger charge is -2.27. The minimum absolute atomic E-state index is 0.0116. The number of aryl methyl sites for hydroxylation is 3. The number of amides is 1. The van der Waals surface area contributed by atoms with E-state index in [4.69, 9.17) is 5.41 Å². The average Bonchev–Trinajstić information content (AvgIpc) is 3.11. The fourth-order valence-corrected chi connectivity index (χ4v) is 4.97. The molecule has 192 valence electrons. The molecule has 4 N–H and O–H groups in total. The maximum Gasteiger partial charge on any atom is 0.333 e. The predicted octanol–water partition coefficient (Wildman–Crippen LogP) is 2.93. The van der Waals surface area contributed by atoms with Crippen LogP contribution in [0.5, 0.6) is 5.75 Å². The summed E-state index contributed by atoms with van der Waals surface area (Å²) >= 11 is 1.12. The molecule has 2 heterocycles. The van der Waals surface area contributed by atoms with Gasteiger partial charge in [0.05, 0.1) is 11.6 Å². The number of benzene rings is 1. The topological polar surface area (TPSA) is 142 Å². The van der Waals surface area contributed by atoms with Crippen molar-refractivity contribution < 1.29 is 14.3 Å². The van der Waals surface area contributed by atoms with Crippen LogP contribution in [0.2, 0.25) is 0 Å².